The monoisotopic (exact) mass is 326 g/mol. The van der Waals surface area contributed by atoms with Gasteiger partial charge in [0.25, 0.3) is 0 Å². The Morgan fingerprint density at radius 3 is 2.65 bits per heavy atom. The van der Waals surface area contributed by atoms with Gasteiger partial charge in [-0.2, -0.15) is 0 Å². The van der Waals surface area contributed by atoms with Gasteiger partial charge in [-0.3, -0.25) is 9.59 Å². The van der Waals surface area contributed by atoms with Crippen LogP contribution in [-0.2, 0) is 9.59 Å². The highest BCUT2D eigenvalue weighted by molar-refractivity contribution is 5.87. The van der Waals surface area contributed by atoms with Crippen LogP contribution in [0.15, 0.2) is 0 Å². The summed E-state index contributed by atoms with van der Waals surface area (Å²) in [5.41, 5.74) is -0.896. The molecule has 0 aliphatic carbocycles. The molecule has 0 aromatic rings. The van der Waals surface area contributed by atoms with Crippen LogP contribution in [0.25, 0.3) is 0 Å². The molecule has 134 valence electrons. The van der Waals surface area contributed by atoms with Crippen molar-refractivity contribution in [3.8, 4) is 0 Å². The Morgan fingerprint density at radius 2 is 2.04 bits per heavy atom. The van der Waals surface area contributed by atoms with Crippen LogP contribution in [0.2, 0.25) is 0 Å². The molecule has 1 saturated heterocycles. The summed E-state index contributed by atoms with van der Waals surface area (Å²) in [5, 5.41) is 13.2. The molecular weight excluding hydrogens is 292 g/mol. The van der Waals surface area contributed by atoms with E-state index in [0.717, 1.165) is 32.1 Å². The molecule has 23 heavy (non-hydrogen) atoms. The van der Waals surface area contributed by atoms with Crippen LogP contribution in [0.3, 0.4) is 0 Å². The van der Waals surface area contributed by atoms with E-state index in [0.29, 0.717) is 25.3 Å². The highest BCUT2D eigenvalue weighted by Crippen LogP contribution is 2.20. The molecular formula is C18H34N2O3. The van der Waals surface area contributed by atoms with Crippen molar-refractivity contribution in [3.63, 3.8) is 0 Å². The molecule has 0 bridgehead atoms. The molecule has 0 unspecified atom stereocenters. The third kappa shape index (κ3) is 6.90. The molecule has 2 atom stereocenters. The van der Waals surface area contributed by atoms with Crippen molar-refractivity contribution in [2.24, 2.45) is 5.92 Å². The Labute approximate surface area is 140 Å². The third-order valence-electron chi connectivity index (χ3n) is 4.49. The summed E-state index contributed by atoms with van der Waals surface area (Å²) >= 11 is 0. The van der Waals surface area contributed by atoms with Gasteiger partial charge in [-0.25, -0.2) is 0 Å². The average molecular weight is 326 g/mol. The second-order valence-electron chi connectivity index (χ2n) is 7.50. The maximum absolute atomic E-state index is 12.5. The first-order valence-corrected chi connectivity index (χ1v) is 9.06. The zero-order valence-corrected chi connectivity index (χ0v) is 15.2. The molecule has 2 N–H and O–H groups in total. The molecule has 0 aromatic heterocycles. The van der Waals surface area contributed by atoms with Gasteiger partial charge >= 0.3 is 0 Å². The standard InChI is InChI=1S/C18H34N2O3/c1-5-8-16(21)20-12-7-6-9-15(20)17(22)19-13-18(4,23)11-10-14(2)3/h14-15,23H,5-13H2,1-4H3,(H,19,22)/t15-,18-/m0/s1. The largest absolute Gasteiger partial charge is 0.388 e. The van der Waals surface area contributed by atoms with E-state index < -0.39 is 5.60 Å². The van der Waals surface area contributed by atoms with E-state index in [9.17, 15) is 14.7 Å². The third-order valence-corrected chi connectivity index (χ3v) is 4.49. The number of rotatable bonds is 8. The molecule has 5 heteroatoms. The molecule has 1 aliphatic heterocycles. The lowest BCUT2D eigenvalue weighted by atomic mass is 9.95. The summed E-state index contributed by atoms with van der Waals surface area (Å²) < 4.78 is 0. The molecule has 0 spiro atoms. The minimum Gasteiger partial charge on any atom is -0.388 e. The summed E-state index contributed by atoms with van der Waals surface area (Å²) in [4.78, 5) is 26.4. The van der Waals surface area contributed by atoms with Gasteiger partial charge in [-0.05, 0) is 51.4 Å². The average Bonchev–Trinajstić information content (AvgIpc) is 2.51. The summed E-state index contributed by atoms with van der Waals surface area (Å²) in [5.74, 6) is 0.468. The van der Waals surface area contributed by atoms with Crippen LogP contribution in [0.5, 0.6) is 0 Å². The number of piperidine rings is 1. The summed E-state index contributed by atoms with van der Waals surface area (Å²) in [6.07, 6.45) is 5.53. The van der Waals surface area contributed by atoms with Crippen molar-refractivity contribution >= 4 is 11.8 Å². The summed E-state index contributed by atoms with van der Waals surface area (Å²) in [7, 11) is 0. The molecule has 1 aliphatic rings. The molecule has 0 aromatic carbocycles. The lowest BCUT2D eigenvalue weighted by Crippen LogP contribution is -2.54. The highest BCUT2D eigenvalue weighted by atomic mass is 16.3. The second-order valence-corrected chi connectivity index (χ2v) is 7.50. The SMILES string of the molecule is CCCC(=O)N1CCCC[C@H]1C(=O)NC[C@@](C)(O)CCC(C)C. The summed E-state index contributed by atoms with van der Waals surface area (Å²) in [6.45, 7) is 8.88. The maximum atomic E-state index is 12.5. The minimum absolute atomic E-state index is 0.0684. The lowest BCUT2D eigenvalue weighted by Gasteiger charge is -2.35. The number of likely N-dealkylation sites (tertiary alicyclic amines) is 1. The lowest BCUT2D eigenvalue weighted by molar-refractivity contribution is -0.142. The molecule has 1 fully saturated rings. The number of carbonyl (C=O) groups excluding carboxylic acids is 2. The van der Waals surface area contributed by atoms with E-state index in [1.165, 1.54) is 0 Å². The second kappa shape index (κ2) is 9.26. The Morgan fingerprint density at radius 1 is 1.35 bits per heavy atom. The first-order chi connectivity index (χ1) is 10.8. The van der Waals surface area contributed by atoms with Crippen LogP contribution in [0.1, 0.15) is 72.6 Å². The van der Waals surface area contributed by atoms with E-state index in [-0.39, 0.29) is 24.4 Å². The predicted molar refractivity (Wildman–Crippen MR) is 92.0 cm³/mol. The number of nitrogens with one attached hydrogen (secondary N) is 1. The van der Waals surface area contributed by atoms with E-state index >= 15 is 0 Å². The van der Waals surface area contributed by atoms with E-state index in [1.807, 2.05) is 6.92 Å². The molecule has 5 nitrogen and oxygen atoms in total. The number of hydrogen-bond acceptors (Lipinski definition) is 3. The van der Waals surface area contributed by atoms with E-state index in [1.54, 1.807) is 11.8 Å². The Kier molecular flexibility index (Phi) is 8.03. The zero-order chi connectivity index (χ0) is 17.5. The smallest absolute Gasteiger partial charge is 0.242 e. The van der Waals surface area contributed by atoms with Gasteiger partial charge in [0.15, 0.2) is 0 Å². The number of carbonyl (C=O) groups is 2. The van der Waals surface area contributed by atoms with Crippen molar-refractivity contribution in [3.05, 3.63) is 0 Å². The van der Waals surface area contributed by atoms with Crippen molar-refractivity contribution in [1.82, 2.24) is 10.2 Å². The number of hydrogen-bond donors (Lipinski definition) is 2. The fourth-order valence-electron chi connectivity index (χ4n) is 2.94. The van der Waals surface area contributed by atoms with Crippen molar-refractivity contribution < 1.29 is 14.7 Å². The number of nitrogens with zero attached hydrogens (tertiary/aromatic N) is 1. The van der Waals surface area contributed by atoms with Crippen molar-refractivity contribution in [1.29, 1.82) is 0 Å². The number of aliphatic hydroxyl groups is 1. The first-order valence-electron chi connectivity index (χ1n) is 9.06. The predicted octanol–water partition coefficient (Wildman–Crippen LogP) is 2.47. The van der Waals surface area contributed by atoms with E-state index in [4.69, 9.17) is 0 Å². The Bertz CT molecular complexity index is 394. The normalized spacial score (nSPS) is 21.1. The summed E-state index contributed by atoms with van der Waals surface area (Å²) in [6, 6.07) is -0.372. The highest BCUT2D eigenvalue weighted by Gasteiger charge is 2.32. The minimum atomic E-state index is -0.896. The molecule has 1 rings (SSSR count). The number of amides is 2. The maximum Gasteiger partial charge on any atom is 0.242 e. The first kappa shape index (κ1) is 19.9. The van der Waals surface area contributed by atoms with Gasteiger partial charge in [0.05, 0.1) is 5.60 Å². The van der Waals surface area contributed by atoms with Crippen LogP contribution in [0, 0.1) is 5.92 Å². The van der Waals surface area contributed by atoms with Crippen LogP contribution in [-0.4, -0.2) is 46.6 Å². The fraction of sp³-hybridized carbons (Fsp3) is 0.889. The molecule has 2 amide bonds. The van der Waals surface area contributed by atoms with Gasteiger partial charge in [-0.1, -0.05) is 20.8 Å². The van der Waals surface area contributed by atoms with Crippen LogP contribution < -0.4 is 5.32 Å². The van der Waals surface area contributed by atoms with Gasteiger partial charge < -0.3 is 15.3 Å². The Balaban J connectivity index is 2.55. The van der Waals surface area contributed by atoms with Gasteiger partial charge in [-0.15, -0.1) is 0 Å². The van der Waals surface area contributed by atoms with Crippen LogP contribution >= 0.6 is 0 Å². The van der Waals surface area contributed by atoms with Gasteiger partial charge in [0.1, 0.15) is 6.04 Å². The fourth-order valence-corrected chi connectivity index (χ4v) is 2.94. The Hall–Kier alpha value is -1.10. The van der Waals surface area contributed by atoms with E-state index in [2.05, 4.69) is 19.2 Å². The molecule has 0 saturated carbocycles. The zero-order valence-electron chi connectivity index (χ0n) is 15.2. The quantitative estimate of drug-likeness (QED) is 0.720. The van der Waals surface area contributed by atoms with Gasteiger partial charge in [0, 0.05) is 19.5 Å². The topological polar surface area (TPSA) is 69.6 Å². The molecule has 0 radical (unpaired) electrons. The van der Waals surface area contributed by atoms with Crippen molar-refractivity contribution in [2.75, 3.05) is 13.1 Å². The van der Waals surface area contributed by atoms with Crippen molar-refractivity contribution in [2.45, 2.75) is 84.3 Å². The van der Waals surface area contributed by atoms with Crippen LogP contribution in [0.4, 0.5) is 0 Å². The molecule has 1 heterocycles. The van der Waals surface area contributed by atoms with Gasteiger partial charge in [0.2, 0.25) is 11.8 Å².